The van der Waals surface area contributed by atoms with E-state index >= 15 is 0 Å². The Hall–Kier alpha value is -4.26. The Labute approximate surface area is 189 Å². The molecule has 2 aliphatic rings. The number of rotatable bonds is 4. The highest BCUT2D eigenvalue weighted by Gasteiger charge is 2.38. The average molecular weight is 444 g/mol. The van der Waals surface area contributed by atoms with Gasteiger partial charge in [0.1, 0.15) is 17.2 Å². The van der Waals surface area contributed by atoms with Gasteiger partial charge in [0.05, 0.1) is 26.2 Å². The van der Waals surface area contributed by atoms with E-state index in [-0.39, 0.29) is 23.7 Å². The predicted molar refractivity (Wildman–Crippen MR) is 119 cm³/mol. The number of phenolic OH excluding ortho intramolecular Hbond substituents is 1. The van der Waals surface area contributed by atoms with E-state index in [2.05, 4.69) is 0 Å². The Morgan fingerprint density at radius 2 is 1.76 bits per heavy atom. The fourth-order valence-electron chi connectivity index (χ4n) is 4.24. The molecule has 0 amide bonds. The number of carbonyl (C=O) groups excluding carboxylic acids is 2. The van der Waals surface area contributed by atoms with Crippen molar-refractivity contribution in [1.82, 2.24) is 0 Å². The number of ether oxygens (including phenoxy) is 4. The fourth-order valence-corrected chi connectivity index (χ4v) is 4.24. The van der Waals surface area contributed by atoms with Gasteiger partial charge in [0.15, 0.2) is 17.3 Å². The lowest BCUT2D eigenvalue weighted by Gasteiger charge is -2.26. The molecule has 0 spiro atoms. The lowest BCUT2D eigenvalue weighted by atomic mass is 9.84. The zero-order valence-corrected chi connectivity index (χ0v) is 18.0. The van der Waals surface area contributed by atoms with Crippen LogP contribution in [0.15, 0.2) is 60.4 Å². The molecule has 3 aromatic rings. The Bertz CT molecular complexity index is 1320. The summed E-state index contributed by atoms with van der Waals surface area (Å²) in [7, 11) is 3.02. The van der Waals surface area contributed by atoms with Gasteiger partial charge in [-0.05, 0) is 42.0 Å². The van der Waals surface area contributed by atoms with Crippen molar-refractivity contribution in [3.05, 3.63) is 82.6 Å². The van der Waals surface area contributed by atoms with Gasteiger partial charge in [-0.3, -0.25) is 9.59 Å². The van der Waals surface area contributed by atoms with E-state index in [0.29, 0.717) is 45.3 Å². The molecule has 0 bridgehead atoms. The molecule has 0 aromatic heterocycles. The van der Waals surface area contributed by atoms with E-state index in [1.807, 2.05) is 18.2 Å². The maximum absolute atomic E-state index is 13.1. The molecule has 5 rings (SSSR count). The summed E-state index contributed by atoms with van der Waals surface area (Å²) >= 11 is 0. The Morgan fingerprint density at radius 1 is 0.970 bits per heavy atom. The summed E-state index contributed by atoms with van der Waals surface area (Å²) in [6.45, 7) is 0. The predicted octanol–water partition coefficient (Wildman–Crippen LogP) is 4.47. The van der Waals surface area contributed by atoms with Gasteiger partial charge in [0.25, 0.3) is 0 Å². The van der Waals surface area contributed by atoms with Crippen molar-refractivity contribution in [2.24, 2.45) is 0 Å². The number of para-hydroxylation sites is 1. The van der Waals surface area contributed by atoms with Crippen molar-refractivity contribution in [3.63, 3.8) is 0 Å². The summed E-state index contributed by atoms with van der Waals surface area (Å²) in [5.41, 5.74) is 2.36. The van der Waals surface area contributed by atoms with Crippen molar-refractivity contribution in [2.75, 3.05) is 14.2 Å². The van der Waals surface area contributed by atoms with Crippen LogP contribution in [0.3, 0.4) is 0 Å². The minimum Gasteiger partial charge on any atom is -0.504 e. The van der Waals surface area contributed by atoms with E-state index in [1.165, 1.54) is 7.11 Å². The smallest absolute Gasteiger partial charge is 0.312 e. The number of Topliss-reactive ketones (excluding diaryl/α,β-unsaturated/α-hetero) is 1. The van der Waals surface area contributed by atoms with Gasteiger partial charge in [-0.2, -0.15) is 0 Å². The molecule has 33 heavy (non-hydrogen) atoms. The molecule has 0 saturated carbocycles. The maximum Gasteiger partial charge on any atom is 0.312 e. The van der Waals surface area contributed by atoms with Crippen molar-refractivity contribution in [1.29, 1.82) is 0 Å². The van der Waals surface area contributed by atoms with Gasteiger partial charge >= 0.3 is 5.97 Å². The van der Waals surface area contributed by atoms with E-state index in [9.17, 15) is 14.7 Å². The number of hydrogen-bond acceptors (Lipinski definition) is 7. The molecule has 3 aromatic carbocycles. The number of phenols is 1. The second-order valence-corrected chi connectivity index (χ2v) is 7.70. The first kappa shape index (κ1) is 20.6. The number of allylic oxidation sites excluding steroid dienone is 1. The van der Waals surface area contributed by atoms with Gasteiger partial charge in [-0.25, -0.2) is 0 Å². The first-order valence-electron chi connectivity index (χ1n) is 10.3. The molecule has 0 radical (unpaired) electrons. The van der Waals surface area contributed by atoms with Gasteiger partial charge in [0, 0.05) is 17.0 Å². The number of ketones is 1. The van der Waals surface area contributed by atoms with Crippen molar-refractivity contribution in [2.45, 2.75) is 12.3 Å². The Balaban J connectivity index is 1.61. The molecular weight excluding hydrogens is 424 g/mol. The number of carbonyl (C=O) groups is 2. The first-order valence-corrected chi connectivity index (χ1v) is 10.3. The third-order valence-electron chi connectivity index (χ3n) is 5.81. The lowest BCUT2D eigenvalue weighted by molar-refractivity contribution is -0.135. The van der Waals surface area contributed by atoms with Gasteiger partial charge in [-0.15, -0.1) is 0 Å². The number of methoxy groups -OCH3 is 2. The number of esters is 1. The Kier molecular flexibility index (Phi) is 5.01. The third-order valence-corrected chi connectivity index (χ3v) is 5.81. The highest BCUT2D eigenvalue weighted by molar-refractivity contribution is 6.15. The largest absolute Gasteiger partial charge is 0.504 e. The maximum atomic E-state index is 13.1. The van der Waals surface area contributed by atoms with Crippen LogP contribution < -0.4 is 18.9 Å². The molecule has 166 valence electrons. The van der Waals surface area contributed by atoms with E-state index in [1.54, 1.807) is 49.6 Å². The summed E-state index contributed by atoms with van der Waals surface area (Å²) in [5.74, 6) is 0.579. The second-order valence-electron chi connectivity index (χ2n) is 7.70. The third kappa shape index (κ3) is 3.47. The SMILES string of the molecule is COc1ccc(C2CC(=O)Oc3ccc4c(c32)O/C(=C\c2ccccc2OC)C4=O)cc1O. The first-order chi connectivity index (χ1) is 16.0. The summed E-state index contributed by atoms with van der Waals surface area (Å²) < 4.78 is 22.0. The topological polar surface area (TPSA) is 91.3 Å². The Morgan fingerprint density at radius 3 is 2.52 bits per heavy atom. The minimum absolute atomic E-state index is 0.0400. The molecule has 7 nitrogen and oxygen atoms in total. The molecule has 0 saturated heterocycles. The molecular formula is C26H20O7. The van der Waals surface area contributed by atoms with Crippen LogP contribution in [-0.2, 0) is 4.79 Å². The van der Waals surface area contributed by atoms with Crippen LogP contribution in [0, 0.1) is 0 Å². The van der Waals surface area contributed by atoms with Crippen LogP contribution in [0.2, 0.25) is 0 Å². The minimum atomic E-state index is -0.466. The number of benzene rings is 3. The van der Waals surface area contributed by atoms with E-state index in [4.69, 9.17) is 18.9 Å². The summed E-state index contributed by atoms with van der Waals surface area (Å²) in [5, 5.41) is 10.3. The molecule has 1 atom stereocenters. The number of fused-ring (bicyclic) bond motifs is 3. The highest BCUT2D eigenvalue weighted by atomic mass is 16.5. The molecule has 7 heteroatoms. The molecule has 0 fully saturated rings. The van der Waals surface area contributed by atoms with Crippen molar-refractivity contribution in [3.8, 4) is 28.7 Å². The van der Waals surface area contributed by atoms with Crippen LogP contribution in [-0.4, -0.2) is 31.1 Å². The van der Waals surface area contributed by atoms with Crippen LogP contribution in [0.4, 0.5) is 0 Å². The quantitative estimate of drug-likeness (QED) is 0.361. The zero-order valence-electron chi connectivity index (χ0n) is 18.0. The van der Waals surface area contributed by atoms with Gasteiger partial charge in [-0.1, -0.05) is 24.3 Å². The normalized spacial score (nSPS) is 17.8. The molecule has 2 heterocycles. The molecule has 2 aliphatic heterocycles. The monoisotopic (exact) mass is 444 g/mol. The van der Waals surface area contributed by atoms with Crippen LogP contribution >= 0.6 is 0 Å². The van der Waals surface area contributed by atoms with Gasteiger partial charge in [0.2, 0.25) is 5.78 Å². The highest BCUT2D eigenvalue weighted by Crippen LogP contribution is 2.49. The number of aromatic hydroxyl groups is 1. The van der Waals surface area contributed by atoms with E-state index in [0.717, 1.165) is 0 Å². The fraction of sp³-hybridized carbons (Fsp3) is 0.154. The average Bonchev–Trinajstić information content (AvgIpc) is 3.13. The van der Waals surface area contributed by atoms with E-state index < -0.39 is 11.9 Å². The molecule has 0 aliphatic carbocycles. The number of hydrogen-bond donors (Lipinski definition) is 1. The van der Waals surface area contributed by atoms with Crippen molar-refractivity contribution < 1.29 is 33.6 Å². The van der Waals surface area contributed by atoms with Gasteiger partial charge < -0.3 is 24.1 Å². The van der Waals surface area contributed by atoms with Crippen LogP contribution in [0.25, 0.3) is 6.08 Å². The van der Waals surface area contributed by atoms with Crippen LogP contribution in [0.1, 0.15) is 39.4 Å². The summed E-state index contributed by atoms with van der Waals surface area (Å²) in [4.78, 5) is 25.4. The van der Waals surface area contributed by atoms with Crippen LogP contribution in [0.5, 0.6) is 28.7 Å². The van der Waals surface area contributed by atoms with Crippen molar-refractivity contribution >= 4 is 17.8 Å². The molecule has 1 N–H and O–H groups in total. The molecule has 1 unspecified atom stereocenters. The summed E-state index contributed by atoms with van der Waals surface area (Å²) in [6, 6.07) is 15.5. The second kappa shape index (κ2) is 8.02. The zero-order chi connectivity index (χ0) is 23.1. The lowest BCUT2D eigenvalue weighted by Crippen LogP contribution is -2.21. The summed E-state index contributed by atoms with van der Waals surface area (Å²) in [6.07, 6.45) is 1.68. The standard InChI is InChI=1S/C26H20O7/c1-30-19-6-4-3-5-15(19)12-22-25(29)16-8-10-21-24(26(16)33-22)17(13-23(28)32-21)14-7-9-20(31-2)18(27)11-14/h3-12,17,27H,13H2,1-2H3/b22-12-.